The van der Waals surface area contributed by atoms with Crippen LogP contribution in [0.5, 0.6) is 0 Å². The molecule has 150 valence electrons. The predicted molar refractivity (Wildman–Crippen MR) is 114 cm³/mol. The minimum atomic E-state index is -0.740. The molecule has 1 aliphatic rings. The molecule has 0 aromatic heterocycles. The van der Waals surface area contributed by atoms with Crippen molar-refractivity contribution in [1.82, 2.24) is 9.80 Å². The molecule has 2 aromatic rings. The molecule has 1 aliphatic heterocycles. The van der Waals surface area contributed by atoms with Crippen LogP contribution in [0.25, 0.3) is 0 Å². The number of carboxylic acid groups (broad SMARTS) is 1. The molecule has 1 saturated heterocycles. The van der Waals surface area contributed by atoms with Crippen LogP contribution in [-0.2, 0) is 17.6 Å². The van der Waals surface area contributed by atoms with E-state index in [0.29, 0.717) is 12.0 Å². The Morgan fingerprint density at radius 1 is 1.00 bits per heavy atom. The summed E-state index contributed by atoms with van der Waals surface area (Å²) in [6, 6.07) is 21.9. The number of likely N-dealkylation sites (tertiary alicyclic amines) is 1. The van der Waals surface area contributed by atoms with Gasteiger partial charge in [0.15, 0.2) is 0 Å². The number of benzene rings is 2. The van der Waals surface area contributed by atoms with Crippen LogP contribution in [0.15, 0.2) is 60.7 Å². The SMILES string of the molecule is CN(CC(=O)O)C1CCN(CC(Cc2ccccc2)Cc2ccccc2)CC1. The maximum Gasteiger partial charge on any atom is 0.317 e. The van der Waals surface area contributed by atoms with Crippen LogP contribution in [0.1, 0.15) is 24.0 Å². The van der Waals surface area contributed by atoms with Crippen LogP contribution in [0.2, 0.25) is 0 Å². The highest BCUT2D eigenvalue weighted by molar-refractivity contribution is 5.69. The van der Waals surface area contributed by atoms with E-state index in [9.17, 15) is 4.79 Å². The molecule has 0 unspecified atom stereocenters. The van der Waals surface area contributed by atoms with Crippen molar-refractivity contribution in [2.24, 2.45) is 5.92 Å². The van der Waals surface area contributed by atoms with Crippen molar-refractivity contribution in [1.29, 1.82) is 0 Å². The van der Waals surface area contributed by atoms with Crippen molar-refractivity contribution in [2.45, 2.75) is 31.7 Å². The number of aliphatic carboxylic acids is 1. The number of carboxylic acids is 1. The van der Waals surface area contributed by atoms with Crippen molar-refractivity contribution in [3.8, 4) is 0 Å². The molecule has 1 N–H and O–H groups in total. The summed E-state index contributed by atoms with van der Waals surface area (Å²) in [6.07, 6.45) is 4.28. The van der Waals surface area contributed by atoms with Gasteiger partial charge in [-0.3, -0.25) is 9.69 Å². The van der Waals surface area contributed by atoms with Gasteiger partial charge in [-0.1, -0.05) is 60.7 Å². The first-order valence-corrected chi connectivity index (χ1v) is 10.3. The van der Waals surface area contributed by atoms with Gasteiger partial charge in [0.2, 0.25) is 0 Å². The Morgan fingerprint density at radius 2 is 1.50 bits per heavy atom. The minimum Gasteiger partial charge on any atom is -0.480 e. The van der Waals surface area contributed by atoms with Crippen molar-refractivity contribution in [3.05, 3.63) is 71.8 Å². The van der Waals surface area contributed by atoms with Gasteiger partial charge in [-0.15, -0.1) is 0 Å². The molecular weight excluding hydrogens is 348 g/mol. The fraction of sp³-hybridized carbons (Fsp3) is 0.458. The molecule has 0 bridgehead atoms. The van der Waals surface area contributed by atoms with Crippen molar-refractivity contribution < 1.29 is 9.90 Å². The Hall–Kier alpha value is -2.17. The number of carbonyl (C=O) groups is 1. The van der Waals surface area contributed by atoms with Gasteiger partial charge in [0.05, 0.1) is 6.54 Å². The summed E-state index contributed by atoms with van der Waals surface area (Å²) in [7, 11) is 1.93. The van der Waals surface area contributed by atoms with Crippen LogP contribution in [-0.4, -0.2) is 60.1 Å². The highest BCUT2D eigenvalue weighted by Gasteiger charge is 2.25. The van der Waals surface area contributed by atoms with E-state index in [1.54, 1.807) is 0 Å². The van der Waals surface area contributed by atoms with Crippen LogP contribution in [0, 0.1) is 5.92 Å². The molecule has 4 heteroatoms. The average Bonchev–Trinajstić information content (AvgIpc) is 2.69. The summed E-state index contributed by atoms with van der Waals surface area (Å²) < 4.78 is 0. The van der Waals surface area contributed by atoms with E-state index in [2.05, 4.69) is 65.6 Å². The molecule has 0 radical (unpaired) electrons. The maximum absolute atomic E-state index is 11.0. The molecular formula is C24H32N2O2. The summed E-state index contributed by atoms with van der Waals surface area (Å²) in [6.45, 7) is 3.33. The zero-order valence-corrected chi connectivity index (χ0v) is 16.8. The molecule has 0 amide bonds. The third-order valence-corrected chi connectivity index (χ3v) is 5.82. The first kappa shape index (κ1) is 20.6. The Kier molecular flexibility index (Phi) is 7.63. The van der Waals surface area contributed by atoms with Crippen LogP contribution in [0.4, 0.5) is 0 Å². The zero-order chi connectivity index (χ0) is 19.8. The van der Waals surface area contributed by atoms with Crippen LogP contribution >= 0.6 is 0 Å². The van der Waals surface area contributed by atoms with Gasteiger partial charge in [0, 0.05) is 12.6 Å². The Balaban J connectivity index is 1.57. The van der Waals surface area contributed by atoms with Gasteiger partial charge in [0.1, 0.15) is 0 Å². The fourth-order valence-electron chi connectivity index (χ4n) is 4.35. The quantitative estimate of drug-likeness (QED) is 0.722. The topological polar surface area (TPSA) is 43.8 Å². The van der Waals surface area contributed by atoms with Gasteiger partial charge < -0.3 is 10.0 Å². The lowest BCUT2D eigenvalue weighted by Gasteiger charge is -2.37. The molecule has 0 saturated carbocycles. The molecule has 4 nitrogen and oxygen atoms in total. The van der Waals surface area contributed by atoms with Crippen molar-refractivity contribution in [3.63, 3.8) is 0 Å². The molecule has 1 heterocycles. The second kappa shape index (κ2) is 10.4. The normalized spacial score (nSPS) is 16.0. The van der Waals surface area contributed by atoms with Gasteiger partial charge in [0.25, 0.3) is 0 Å². The van der Waals surface area contributed by atoms with E-state index in [1.807, 2.05) is 11.9 Å². The van der Waals surface area contributed by atoms with E-state index in [1.165, 1.54) is 11.1 Å². The summed E-state index contributed by atoms with van der Waals surface area (Å²) in [5.41, 5.74) is 2.80. The lowest BCUT2D eigenvalue weighted by Crippen LogP contribution is -2.46. The fourth-order valence-corrected chi connectivity index (χ4v) is 4.35. The lowest BCUT2D eigenvalue weighted by atomic mass is 9.91. The molecule has 0 atom stereocenters. The second-order valence-corrected chi connectivity index (χ2v) is 8.09. The number of rotatable bonds is 9. The van der Waals surface area contributed by atoms with Gasteiger partial charge >= 0.3 is 5.97 Å². The molecule has 3 rings (SSSR count). The summed E-state index contributed by atoms with van der Waals surface area (Å²) in [4.78, 5) is 15.5. The number of hydrogen-bond donors (Lipinski definition) is 1. The first-order valence-electron chi connectivity index (χ1n) is 10.3. The monoisotopic (exact) mass is 380 g/mol. The zero-order valence-electron chi connectivity index (χ0n) is 16.8. The van der Waals surface area contributed by atoms with Crippen molar-refractivity contribution >= 4 is 5.97 Å². The molecule has 1 fully saturated rings. The predicted octanol–water partition coefficient (Wildman–Crippen LogP) is 3.57. The van der Waals surface area contributed by atoms with E-state index in [0.717, 1.165) is 45.3 Å². The third-order valence-electron chi connectivity index (χ3n) is 5.82. The standard InChI is InChI=1S/C24H32N2O2/c1-25(19-24(27)28)23-12-14-26(15-13-23)18-22(16-20-8-4-2-5-9-20)17-21-10-6-3-7-11-21/h2-11,22-23H,12-19H2,1H3,(H,27,28). The highest BCUT2D eigenvalue weighted by atomic mass is 16.4. The molecule has 28 heavy (non-hydrogen) atoms. The Labute approximate surface area is 168 Å². The van der Waals surface area contributed by atoms with Gasteiger partial charge in [-0.25, -0.2) is 0 Å². The van der Waals surface area contributed by atoms with E-state index in [4.69, 9.17) is 5.11 Å². The van der Waals surface area contributed by atoms with Gasteiger partial charge in [-0.05, 0) is 62.9 Å². The summed E-state index contributed by atoms with van der Waals surface area (Å²) in [5, 5.41) is 9.01. The number of likely N-dealkylation sites (N-methyl/N-ethyl adjacent to an activating group) is 1. The molecule has 2 aromatic carbocycles. The van der Waals surface area contributed by atoms with Crippen molar-refractivity contribution in [2.75, 3.05) is 33.2 Å². The first-order chi connectivity index (χ1) is 13.6. The third kappa shape index (κ3) is 6.47. The second-order valence-electron chi connectivity index (χ2n) is 8.09. The highest BCUT2D eigenvalue weighted by Crippen LogP contribution is 2.20. The van der Waals surface area contributed by atoms with E-state index < -0.39 is 5.97 Å². The largest absolute Gasteiger partial charge is 0.480 e. The smallest absolute Gasteiger partial charge is 0.317 e. The van der Waals surface area contributed by atoms with E-state index >= 15 is 0 Å². The van der Waals surface area contributed by atoms with Crippen LogP contribution in [0.3, 0.4) is 0 Å². The molecule has 0 spiro atoms. The summed E-state index contributed by atoms with van der Waals surface area (Å²) in [5.74, 6) is -0.159. The van der Waals surface area contributed by atoms with Gasteiger partial charge in [-0.2, -0.15) is 0 Å². The van der Waals surface area contributed by atoms with Crippen LogP contribution < -0.4 is 0 Å². The Morgan fingerprint density at radius 3 is 1.96 bits per heavy atom. The maximum atomic E-state index is 11.0. The van der Waals surface area contributed by atoms with E-state index in [-0.39, 0.29) is 6.54 Å². The average molecular weight is 381 g/mol. The summed E-state index contributed by atoms with van der Waals surface area (Å²) >= 11 is 0. The number of nitrogens with zero attached hydrogens (tertiary/aromatic N) is 2. The Bertz CT molecular complexity index is 670. The lowest BCUT2D eigenvalue weighted by molar-refractivity contribution is -0.138. The number of hydrogen-bond acceptors (Lipinski definition) is 3. The minimum absolute atomic E-state index is 0.134. The molecule has 0 aliphatic carbocycles. The number of piperidine rings is 1.